The molecule has 0 spiro atoms. The number of ether oxygens (including phenoxy) is 1. The Bertz CT molecular complexity index is 1190. The maximum absolute atomic E-state index is 12.6. The third kappa shape index (κ3) is 4.83. The molecule has 5 heteroatoms. The summed E-state index contributed by atoms with van der Waals surface area (Å²) >= 11 is 0. The number of nitrogens with one attached hydrogen (secondary N) is 2. The molecule has 0 aliphatic heterocycles. The summed E-state index contributed by atoms with van der Waals surface area (Å²) in [5, 5.41) is 3.88. The molecular weight excluding hydrogens is 388 g/mol. The third-order valence-corrected chi connectivity index (χ3v) is 5.35. The summed E-state index contributed by atoms with van der Waals surface area (Å²) in [6.07, 6.45) is 4.61. The highest BCUT2D eigenvalue weighted by atomic mass is 16.5. The van der Waals surface area contributed by atoms with E-state index in [-0.39, 0.29) is 11.9 Å². The molecule has 1 heterocycles. The van der Waals surface area contributed by atoms with Gasteiger partial charge in [-0.05, 0) is 60.7 Å². The quantitative estimate of drug-likeness (QED) is 0.400. The summed E-state index contributed by atoms with van der Waals surface area (Å²) in [6, 6.07) is 23.3. The number of aromatic amines is 1. The van der Waals surface area contributed by atoms with Crippen molar-refractivity contribution in [2.45, 2.75) is 19.3 Å². The standard InChI is InChI=1S/C26H24N2O3/c1-31-26(30)20-13-9-18(10-14-20)5-4-6-19-11-15-21(16-12-19)28-25(29)23-17-27-24-8-3-2-7-22(23)24/h2-3,7-17,27H,4-6H2,1H3,(H,28,29). The monoisotopic (exact) mass is 412 g/mol. The Balaban J connectivity index is 1.30. The summed E-state index contributed by atoms with van der Waals surface area (Å²) < 4.78 is 4.72. The van der Waals surface area contributed by atoms with Gasteiger partial charge in [-0.25, -0.2) is 4.79 Å². The van der Waals surface area contributed by atoms with Gasteiger partial charge in [0, 0.05) is 22.8 Å². The van der Waals surface area contributed by atoms with E-state index in [9.17, 15) is 9.59 Å². The van der Waals surface area contributed by atoms with E-state index in [2.05, 4.69) is 10.3 Å². The van der Waals surface area contributed by atoms with Gasteiger partial charge < -0.3 is 15.0 Å². The lowest BCUT2D eigenvalue weighted by atomic mass is 10.0. The first-order valence-corrected chi connectivity index (χ1v) is 10.3. The fourth-order valence-corrected chi connectivity index (χ4v) is 3.63. The number of methoxy groups -OCH3 is 1. The van der Waals surface area contributed by atoms with Crippen molar-refractivity contribution in [3.8, 4) is 0 Å². The molecule has 0 aliphatic carbocycles. The SMILES string of the molecule is COC(=O)c1ccc(CCCc2ccc(NC(=O)c3c[nH]c4ccccc34)cc2)cc1. The van der Waals surface area contributed by atoms with Crippen LogP contribution < -0.4 is 5.32 Å². The summed E-state index contributed by atoms with van der Waals surface area (Å²) in [6.45, 7) is 0. The van der Waals surface area contributed by atoms with Crippen LogP contribution in [0, 0.1) is 0 Å². The summed E-state index contributed by atoms with van der Waals surface area (Å²) in [7, 11) is 1.38. The van der Waals surface area contributed by atoms with Crippen LogP contribution in [-0.4, -0.2) is 24.0 Å². The van der Waals surface area contributed by atoms with Gasteiger partial charge in [0.1, 0.15) is 0 Å². The number of benzene rings is 3. The lowest BCUT2D eigenvalue weighted by Gasteiger charge is -2.07. The number of para-hydroxylation sites is 1. The molecule has 1 aromatic heterocycles. The Morgan fingerprint density at radius 1 is 0.871 bits per heavy atom. The van der Waals surface area contributed by atoms with Gasteiger partial charge in [0.2, 0.25) is 0 Å². The van der Waals surface area contributed by atoms with Crippen LogP contribution in [0.5, 0.6) is 0 Å². The van der Waals surface area contributed by atoms with Crippen molar-refractivity contribution in [2.24, 2.45) is 0 Å². The first kappa shape index (κ1) is 20.4. The molecule has 31 heavy (non-hydrogen) atoms. The smallest absolute Gasteiger partial charge is 0.337 e. The van der Waals surface area contributed by atoms with E-state index in [1.807, 2.05) is 60.7 Å². The number of carbonyl (C=O) groups excluding carboxylic acids is 2. The molecule has 0 saturated heterocycles. The Morgan fingerprint density at radius 2 is 1.52 bits per heavy atom. The highest BCUT2D eigenvalue weighted by Gasteiger charge is 2.11. The number of carbonyl (C=O) groups is 2. The number of esters is 1. The number of rotatable bonds is 7. The van der Waals surface area contributed by atoms with Gasteiger partial charge in [0.15, 0.2) is 0 Å². The van der Waals surface area contributed by atoms with Gasteiger partial charge in [0.05, 0.1) is 18.2 Å². The van der Waals surface area contributed by atoms with Gasteiger partial charge >= 0.3 is 5.97 Å². The number of hydrogen-bond acceptors (Lipinski definition) is 3. The minimum absolute atomic E-state index is 0.124. The summed E-state index contributed by atoms with van der Waals surface area (Å²) in [4.78, 5) is 27.2. The Labute approximate surface area is 181 Å². The lowest BCUT2D eigenvalue weighted by Crippen LogP contribution is -2.11. The van der Waals surface area contributed by atoms with Crippen molar-refractivity contribution in [3.05, 3.63) is 101 Å². The molecule has 1 amide bonds. The molecule has 0 bridgehead atoms. The molecule has 5 nitrogen and oxygen atoms in total. The van der Waals surface area contributed by atoms with Crippen molar-refractivity contribution >= 4 is 28.5 Å². The first-order chi connectivity index (χ1) is 15.1. The van der Waals surface area contributed by atoms with Gasteiger partial charge in [-0.2, -0.15) is 0 Å². The zero-order valence-electron chi connectivity index (χ0n) is 17.4. The normalized spacial score (nSPS) is 10.7. The summed E-state index contributed by atoms with van der Waals surface area (Å²) in [5.41, 5.74) is 5.33. The van der Waals surface area contributed by atoms with Crippen LogP contribution in [0.1, 0.15) is 38.3 Å². The van der Waals surface area contributed by atoms with E-state index in [0.29, 0.717) is 11.1 Å². The van der Waals surface area contributed by atoms with Crippen LogP contribution >= 0.6 is 0 Å². The largest absolute Gasteiger partial charge is 0.465 e. The number of anilines is 1. The minimum atomic E-state index is -0.316. The van der Waals surface area contributed by atoms with Crippen LogP contribution in [0.3, 0.4) is 0 Å². The van der Waals surface area contributed by atoms with E-state index in [1.165, 1.54) is 18.2 Å². The predicted octanol–water partition coefficient (Wildman–Crippen LogP) is 5.38. The number of hydrogen-bond donors (Lipinski definition) is 2. The van der Waals surface area contributed by atoms with Gasteiger partial charge in [-0.3, -0.25) is 4.79 Å². The number of aromatic nitrogens is 1. The zero-order valence-corrected chi connectivity index (χ0v) is 17.4. The van der Waals surface area contributed by atoms with Crippen molar-refractivity contribution in [2.75, 3.05) is 12.4 Å². The second-order valence-corrected chi connectivity index (χ2v) is 7.44. The molecular formula is C26H24N2O3. The average Bonchev–Trinajstić information content (AvgIpc) is 3.24. The van der Waals surface area contributed by atoms with Crippen molar-refractivity contribution < 1.29 is 14.3 Å². The van der Waals surface area contributed by atoms with Crippen LogP contribution in [0.15, 0.2) is 79.0 Å². The highest BCUT2D eigenvalue weighted by Crippen LogP contribution is 2.20. The molecule has 4 aromatic rings. The van der Waals surface area contributed by atoms with Crippen molar-refractivity contribution in [1.82, 2.24) is 4.98 Å². The van der Waals surface area contributed by atoms with Crippen LogP contribution in [0.2, 0.25) is 0 Å². The second-order valence-electron chi connectivity index (χ2n) is 7.44. The Kier molecular flexibility index (Phi) is 6.13. The molecule has 156 valence electrons. The van der Waals surface area contributed by atoms with Gasteiger partial charge in [-0.1, -0.05) is 42.5 Å². The minimum Gasteiger partial charge on any atom is -0.465 e. The first-order valence-electron chi connectivity index (χ1n) is 10.3. The van der Waals surface area contributed by atoms with E-state index in [4.69, 9.17) is 4.74 Å². The second kappa shape index (κ2) is 9.30. The average molecular weight is 412 g/mol. The van der Waals surface area contributed by atoms with E-state index < -0.39 is 0 Å². The number of H-pyrrole nitrogens is 1. The fraction of sp³-hybridized carbons (Fsp3) is 0.154. The summed E-state index contributed by atoms with van der Waals surface area (Å²) in [5.74, 6) is -0.441. The van der Waals surface area contributed by atoms with Gasteiger partial charge in [-0.15, -0.1) is 0 Å². The van der Waals surface area contributed by atoms with Crippen LogP contribution in [0.4, 0.5) is 5.69 Å². The predicted molar refractivity (Wildman–Crippen MR) is 123 cm³/mol. The van der Waals surface area contributed by atoms with Crippen molar-refractivity contribution in [3.63, 3.8) is 0 Å². The molecule has 4 rings (SSSR count). The Morgan fingerprint density at radius 3 is 2.19 bits per heavy atom. The molecule has 0 fully saturated rings. The van der Waals surface area contributed by atoms with Gasteiger partial charge in [0.25, 0.3) is 5.91 Å². The van der Waals surface area contributed by atoms with Crippen LogP contribution in [0.25, 0.3) is 10.9 Å². The molecule has 0 unspecified atom stereocenters. The maximum atomic E-state index is 12.6. The van der Waals surface area contributed by atoms with E-state index in [0.717, 1.165) is 35.9 Å². The maximum Gasteiger partial charge on any atom is 0.337 e. The number of aryl methyl sites for hydroxylation is 2. The third-order valence-electron chi connectivity index (χ3n) is 5.35. The number of fused-ring (bicyclic) bond motifs is 1. The highest BCUT2D eigenvalue weighted by molar-refractivity contribution is 6.12. The Hall–Kier alpha value is -3.86. The fourth-order valence-electron chi connectivity index (χ4n) is 3.63. The topological polar surface area (TPSA) is 71.2 Å². The number of amides is 1. The van der Waals surface area contributed by atoms with Crippen molar-refractivity contribution in [1.29, 1.82) is 0 Å². The van der Waals surface area contributed by atoms with Crippen LogP contribution in [-0.2, 0) is 17.6 Å². The van der Waals surface area contributed by atoms with E-state index >= 15 is 0 Å². The molecule has 3 aromatic carbocycles. The molecule has 0 saturated carbocycles. The lowest BCUT2D eigenvalue weighted by molar-refractivity contribution is 0.0600. The van der Waals surface area contributed by atoms with E-state index in [1.54, 1.807) is 18.3 Å². The zero-order chi connectivity index (χ0) is 21.6. The molecule has 0 aliphatic rings. The molecule has 0 atom stereocenters. The molecule has 0 radical (unpaired) electrons. The molecule has 2 N–H and O–H groups in total.